The highest BCUT2D eigenvalue weighted by Gasteiger charge is 2.41. The second-order valence-electron chi connectivity index (χ2n) is 8.77. The Morgan fingerprint density at radius 1 is 1.20 bits per heavy atom. The van der Waals surface area contributed by atoms with Crippen molar-refractivity contribution in [3.8, 4) is 23.0 Å². The van der Waals surface area contributed by atoms with Gasteiger partial charge in [-0.05, 0) is 56.5 Å². The molecule has 5 rings (SSSR count). The molecule has 2 aromatic heterocycles. The number of halogens is 2. The molecule has 1 N–H and O–H groups in total. The van der Waals surface area contributed by atoms with Gasteiger partial charge in [0.25, 0.3) is 0 Å². The normalized spacial score (nSPS) is 15.1. The van der Waals surface area contributed by atoms with Crippen LogP contribution in [0.3, 0.4) is 0 Å². The average Bonchev–Trinajstić information content (AvgIpc) is 3.43. The van der Waals surface area contributed by atoms with Crippen LogP contribution in [0.2, 0.25) is 10.0 Å². The Morgan fingerprint density at radius 2 is 1.97 bits per heavy atom. The Balaban J connectivity index is 1.66. The molecule has 1 saturated carbocycles. The van der Waals surface area contributed by atoms with Gasteiger partial charge in [-0.15, -0.1) is 0 Å². The summed E-state index contributed by atoms with van der Waals surface area (Å²) in [5.74, 6) is 0.0765. The molecular formula is C25H22Cl2N4O4. The van der Waals surface area contributed by atoms with Crippen molar-refractivity contribution in [3.05, 3.63) is 64.4 Å². The zero-order valence-corrected chi connectivity index (χ0v) is 20.5. The number of imidazole rings is 1. The van der Waals surface area contributed by atoms with E-state index in [9.17, 15) is 9.90 Å². The van der Waals surface area contributed by atoms with Crippen LogP contribution < -0.4 is 9.47 Å². The van der Waals surface area contributed by atoms with Crippen LogP contribution in [0.15, 0.2) is 48.8 Å². The first-order chi connectivity index (χ1) is 16.7. The van der Waals surface area contributed by atoms with Crippen LogP contribution in [0.5, 0.6) is 11.6 Å². The summed E-state index contributed by atoms with van der Waals surface area (Å²) in [4.78, 5) is 25.0. The lowest BCUT2D eigenvalue weighted by atomic mass is 10.1. The Bertz CT molecular complexity index is 1430. The molecule has 1 fully saturated rings. The molecule has 1 aliphatic carbocycles. The number of carboxylic acids is 1. The summed E-state index contributed by atoms with van der Waals surface area (Å²) in [7, 11) is 0. The zero-order chi connectivity index (χ0) is 24.7. The third kappa shape index (κ3) is 4.76. The molecule has 180 valence electrons. The third-order valence-corrected chi connectivity index (χ3v) is 6.51. The fourth-order valence-corrected chi connectivity index (χ4v) is 4.16. The maximum absolute atomic E-state index is 11.3. The number of hydrogen-bond acceptors (Lipinski definition) is 6. The first kappa shape index (κ1) is 23.4. The van der Waals surface area contributed by atoms with E-state index in [4.69, 9.17) is 37.7 Å². The molecule has 4 aromatic rings. The first-order valence-electron chi connectivity index (χ1n) is 11.1. The summed E-state index contributed by atoms with van der Waals surface area (Å²) in [6.45, 7) is 3.89. The summed E-state index contributed by atoms with van der Waals surface area (Å²) >= 11 is 12.9. The summed E-state index contributed by atoms with van der Waals surface area (Å²) in [5, 5.41) is 10.1. The van der Waals surface area contributed by atoms with E-state index >= 15 is 0 Å². The van der Waals surface area contributed by atoms with Crippen LogP contribution >= 0.6 is 23.2 Å². The fraction of sp³-hybridized carbons (Fsp3) is 0.280. The SMILES string of the molecule is C[C@@H](Oc1cccc(-c2nc3c(OC4(C)CC4)ncnc3n2Cc2cccc(Cl)c2)c1Cl)C(=O)O. The van der Waals surface area contributed by atoms with Gasteiger partial charge in [-0.3, -0.25) is 0 Å². The topological polar surface area (TPSA) is 99.4 Å². The van der Waals surface area contributed by atoms with Gasteiger partial charge in [-0.25, -0.2) is 14.8 Å². The third-order valence-electron chi connectivity index (χ3n) is 5.88. The van der Waals surface area contributed by atoms with Gasteiger partial charge < -0.3 is 19.1 Å². The maximum atomic E-state index is 11.3. The minimum absolute atomic E-state index is 0.243. The summed E-state index contributed by atoms with van der Waals surface area (Å²) in [5.41, 5.74) is 2.34. The van der Waals surface area contributed by atoms with Crippen LogP contribution in [0, 0.1) is 0 Å². The maximum Gasteiger partial charge on any atom is 0.344 e. The van der Waals surface area contributed by atoms with E-state index in [2.05, 4.69) is 9.97 Å². The number of carbonyl (C=O) groups is 1. The summed E-state index contributed by atoms with van der Waals surface area (Å²) < 4.78 is 13.7. The molecule has 1 atom stereocenters. The lowest BCUT2D eigenvalue weighted by molar-refractivity contribution is -0.144. The minimum atomic E-state index is -1.09. The highest BCUT2D eigenvalue weighted by atomic mass is 35.5. The van der Waals surface area contributed by atoms with Crippen molar-refractivity contribution >= 4 is 40.3 Å². The zero-order valence-electron chi connectivity index (χ0n) is 19.0. The predicted molar refractivity (Wildman–Crippen MR) is 132 cm³/mol. The molecule has 0 aliphatic heterocycles. The van der Waals surface area contributed by atoms with E-state index in [0.29, 0.717) is 40.0 Å². The number of ether oxygens (including phenoxy) is 2. The van der Waals surface area contributed by atoms with E-state index in [0.717, 1.165) is 18.4 Å². The van der Waals surface area contributed by atoms with Gasteiger partial charge in [0.15, 0.2) is 17.3 Å². The number of carboxylic acid groups (broad SMARTS) is 1. The Kier molecular flexibility index (Phi) is 6.02. The number of nitrogens with zero attached hydrogens (tertiary/aromatic N) is 4. The van der Waals surface area contributed by atoms with Crippen molar-refractivity contribution in [2.45, 2.75) is 44.9 Å². The molecule has 0 amide bonds. The quantitative estimate of drug-likeness (QED) is 0.326. The van der Waals surface area contributed by atoms with Crippen LogP contribution in [-0.2, 0) is 11.3 Å². The highest BCUT2D eigenvalue weighted by molar-refractivity contribution is 6.34. The minimum Gasteiger partial charge on any atom is -0.479 e. The van der Waals surface area contributed by atoms with Crippen LogP contribution in [0.4, 0.5) is 0 Å². The number of aliphatic carboxylic acids is 1. The molecule has 35 heavy (non-hydrogen) atoms. The molecule has 0 unspecified atom stereocenters. The number of hydrogen-bond donors (Lipinski definition) is 1. The molecule has 10 heteroatoms. The molecule has 0 radical (unpaired) electrons. The predicted octanol–water partition coefficient (Wildman–Crippen LogP) is 5.63. The molecule has 1 aliphatic rings. The van der Waals surface area contributed by atoms with Gasteiger partial charge in [0.2, 0.25) is 5.88 Å². The molecule has 8 nitrogen and oxygen atoms in total. The van der Waals surface area contributed by atoms with Crippen molar-refractivity contribution in [2.24, 2.45) is 0 Å². The van der Waals surface area contributed by atoms with E-state index in [1.54, 1.807) is 18.2 Å². The average molecular weight is 513 g/mol. The highest BCUT2D eigenvalue weighted by Crippen LogP contribution is 2.42. The summed E-state index contributed by atoms with van der Waals surface area (Å²) in [6, 6.07) is 12.7. The van der Waals surface area contributed by atoms with E-state index in [1.807, 2.05) is 35.8 Å². The van der Waals surface area contributed by atoms with Crippen molar-refractivity contribution in [1.29, 1.82) is 0 Å². The molecule has 2 aromatic carbocycles. The Morgan fingerprint density at radius 3 is 2.69 bits per heavy atom. The standard InChI is InChI=1S/C25H22Cl2N4O4/c1-14(24(32)33)34-18-8-4-7-17(19(18)27)21-30-20-22(28-13-29-23(20)35-25(2)9-10-25)31(21)12-15-5-3-6-16(26)11-15/h3-8,11,13-14H,9-10,12H2,1-2H3,(H,32,33)/t14-/m1/s1. The van der Waals surface area contributed by atoms with E-state index in [1.165, 1.54) is 13.3 Å². The Labute approximate surface area is 211 Å². The lowest BCUT2D eigenvalue weighted by Gasteiger charge is -2.15. The van der Waals surface area contributed by atoms with Crippen LogP contribution in [0.25, 0.3) is 22.6 Å². The van der Waals surface area contributed by atoms with Crippen molar-refractivity contribution in [2.75, 3.05) is 0 Å². The second-order valence-corrected chi connectivity index (χ2v) is 9.58. The molecule has 0 saturated heterocycles. The van der Waals surface area contributed by atoms with Crippen molar-refractivity contribution in [3.63, 3.8) is 0 Å². The molecule has 0 spiro atoms. The first-order valence-corrected chi connectivity index (χ1v) is 11.8. The fourth-order valence-electron chi connectivity index (χ4n) is 3.69. The van der Waals surface area contributed by atoms with Crippen LogP contribution in [0.1, 0.15) is 32.3 Å². The summed E-state index contributed by atoms with van der Waals surface area (Å²) in [6.07, 6.45) is 2.28. The number of fused-ring (bicyclic) bond motifs is 1. The van der Waals surface area contributed by atoms with Gasteiger partial charge in [-0.1, -0.05) is 41.4 Å². The second kappa shape index (κ2) is 9.02. The monoisotopic (exact) mass is 512 g/mol. The van der Waals surface area contributed by atoms with E-state index in [-0.39, 0.29) is 16.4 Å². The molecule has 0 bridgehead atoms. The lowest BCUT2D eigenvalue weighted by Crippen LogP contribution is -2.23. The molecular weight excluding hydrogens is 491 g/mol. The van der Waals surface area contributed by atoms with Crippen molar-refractivity contribution < 1.29 is 19.4 Å². The van der Waals surface area contributed by atoms with Gasteiger partial charge >= 0.3 is 5.97 Å². The van der Waals surface area contributed by atoms with Gasteiger partial charge in [0, 0.05) is 10.6 Å². The number of rotatable bonds is 8. The van der Waals surface area contributed by atoms with Gasteiger partial charge in [0.1, 0.15) is 23.5 Å². The smallest absolute Gasteiger partial charge is 0.344 e. The molecule has 2 heterocycles. The van der Waals surface area contributed by atoms with Gasteiger partial charge in [0.05, 0.1) is 11.6 Å². The van der Waals surface area contributed by atoms with Gasteiger partial charge in [-0.2, -0.15) is 4.98 Å². The number of aromatic nitrogens is 4. The van der Waals surface area contributed by atoms with E-state index < -0.39 is 12.1 Å². The Hall–Kier alpha value is -3.36. The van der Waals surface area contributed by atoms with Crippen LogP contribution in [-0.4, -0.2) is 42.3 Å². The number of benzene rings is 2. The van der Waals surface area contributed by atoms with Crippen molar-refractivity contribution in [1.82, 2.24) is 19.5 Å². The largest absolute Gasteiger partial charge is 0.479 e.